The molecule has 0 saturated carbocycles. The van der Waals surface area contributed by atoms with Crippen molar-refractivity contribution in [1.82, 2.24) is 9.97 Å². The highest BCUT2D eigenvalue weighted by Gasteiger charge is 2.07. The molecule has 2 heterocycles. The first kappa shape index (κ1) is 15.2. The monoisotopic (exact) mass is 331 g/mol. The molecule has 2 aromatic heterocycles. The van der Waals surface area contributed by atoms with Crippen molar-refractivity contribution in [3.05, 3.63) is 48.5 Å². The molecule has 5 N–H and O–H groups in total. The summed E-state index contributed by atoms with van der Waals surface area (Å²) < 4.78 is 31.6. The quantitative estimate of drug-likeness (QED) is 0.289. The lowest BCUT2D eigenvalue weighted by Gasteiger charge is -2.01. The minimum atomic E-state index is -4.67. The number of fused-ring (bicyclic) bond motifs is 4. The molecule has 0 amide bonds. The standard InChI is InChI=1S/C15H11N3.H2O4S/c16-11-5-3-7-13-10(11)8-14-15(18-13)9-4-1-2-6-12(9)17-14;1-5(2,3)4/h1-8,17H,16H2;(H2,1,2,3,4). The number of nitrogens with one attached hydrogen (secondary N) is 1. The van der Waals surface area contributed by atoms with Gasteiger partial charge in [0.15, 0.2) is 0 Å². The van der Waals surface area contributed by atoms with Crippen LogP contribution in [-0.4, -0.2) is 27.5 Å². The van der Waals surface area contributed by atoms with Crippen LogP contribution in [0.25, 0.3) is 32.8 Å². The first-order chi connectivity index (χ1) is 10.8. The van der Waals surface area contributed by atoms with E-state index in [2.05, 4.69) is 23.2 Å². The van der Waals surface area contributed by atoms with E-state index >= 15 is 0 Å². The van der Waals surface area contributed by atoms with Gasteiger partial charge in [-0.15, -0.1) is 0 Å². The summed E-state index contributed by atoms with van der Waals surface area (Å²) in [5.41, 5.74) is 10.8. The molecule has 0 aliphatic rings. The Bertz CT molecular complexity index is 1110. The van der Waals surface area contributed by atoms with Crippen molar-refractivity contribution in [3.63, 3.8) is 0 Å². The van der Waals surface area contributed by atoms with Crippen molar-refractivity contribution in [3.8, 4) is 0 Å². The third-order valence-corrected chi connectivity index (χ3v) is 3.34. The van der Waals surface area contributed by atoms with Gasteiger partial charge in [0, 0.05) is 22.0 Å². The fourth-order valence-corrected chi connectivity index (χ4v) is 2.46. The summed E-state index contributed by atoms with van der Waals surface area (Å²) in [5, 5.41) is 2.15. The second kappa shape index (κ2) is 5.51. The zero-order chi connectivity index (χ0) is 16.6. The summed E-state index contributed by atoms with van der Waals surface area (Å²) in [6.45, 7) is 0. The maximum absolute atomic E-state index is 8.74. The van der Waals surface area contributed by atoms with Crippen LogP contribution in [-0.2, 0) is 10.4 Å². The Morgan fingerprint density at radius 1 is 0.957 bits per heavy atom. The number of nitrogens with zero attached hydrogens (tertiary/aromatic N) is 1. The van der Waals surface area contributed by atoms with E-state index in [1.165, 1.54) is 0 Å². The smallest absolute Gasteiger partial charge is 0.394 e. The number of H-pyrrole nitrogens is 1. The average Bonchev–Trinajstić information content (AvgIpc) is 2.82. The van der Waals surface area contributed by atoms with Crippen LogP contribution in [0.2, 0.25) is 0 Å². The molecule has 0 aliphatic heterocycles. The first-order valence-corrected chi connectivity index (χ1v) is 7.98. The number of nitrogens with two attached hydrogens (primary N) is 1. The number of benzene rings is 2. The number of aromatic nitrogens is 2. The van der Waals surface area contributed by atoms with Gasteiger partial charge in [-0.05, 0) is 24.3 Å². The molecule has 4 rings (SSSR count). The summed E-state index contributed by atoms with van der Waals surface area (Å²) >= 11 is 0. The van der Waals surface area contributed by atoms with Crippen LogP contribution in [0.5, 0.6) is 0 Å². The second-order valence-electron chi connectivity index (χ2n) is 4.92. The Balaban J connectivity index is 0.000000276. The van der Waals surface area contributed by atoms with Crippen LogP contribution in [0.4, 0.5) is 5.69 Å². The number of pyridine rings is 1. The topological polar surface area (TPSA) is 129 Å². The van der Waals surface area contributed by atoms with Crippen LogP contribution in [0.1, 0.15) is 0 Å². The van der Waals surface area contributed by atoms with Crippen molar-refractivity contribution < 1.29 is 17.5 Å². The largest absolute Gasteiger partial charge is 0.398 e. The molecule has 0 aliphatic carbocycles. The minimum absolute atomic E-state index is 0.764. The highest BCUT2D eigenvalue weighted by molar-refractivity contribution is 7.79. The molecule has 23 heavy (non-hydrogen) atoms. The van der Waals surface area contributed by atoms with E-state index in [0.29, 0.717) is 0 Å². The van der Waals surface area contributed by atoms with Crippen LogP contribution in [0.15, 0.2) is 48.5 Å². The minimum Gasteiger partial charge on any atom is -0.398 e. The van der Waals surface area contributed by atoms with E-state index in [1.807, 2.05) is 30.3 Å². The summed E-state index contributed by atoms with van der Waals surface area (Å²) in [6.07, 6.45) is 0. The number of hydrogen-bond acceptors (Lipinski definition) is 4. The van der Waals surface area contributed by atoms with Crippen LogP contribution < -0.4 is 5.73 Å². The Morgan fingerprint density at radius 3 is 2.39 bits per heavy atom. The van der Waals surface area contributed by atoms with Crippen molar-refractivity contribution in [2.45, 2.75) is 0 Å². The van der Waals surface area contributed by atoms with E-state index in [9.17, 15) is 0 Å². The zero-order valence-corrected chi connectivity index (χ0v) is 12.6. The number of anilines is 1. The van der Waals surface area contributed by atoms with Crippen LogP contribution in [0, 0.1) is 0 Å². The zero-order valence-electron chi connectivity index (χ0n) is 11.8. The van der Waals surface area contributed by atoms with Gasteiger partial charge < -0.3 is 10.7 Å². The van der Waals surface area contributed by atoms with Crippen molar-refractivity contribution in [2.75, 3.05) is 5.73 Å². The van der Waals surface area contributed by atoms with Gasteiger partial charge in [0.2, 0.25) is 0 Å². The third kappa shape index (κ3) is 3.24. The third-order valence-electron chi connectivity index (χ3n) is 3.34. The van der Waals surface area contributed by atoms with Gasteiger partial charge in [-0.3, -0.25) is 9.11 Å². The normalized spacial score (nSPS) is 11.6. The molecule has 0 fully saturated rings. The van der Waals surface area contributed by atoms with Crippen LogP contribution >= 0.6 is 0 Å². The van der Waals surface area contributed by atoms with Gasteiger partial charge in [-0.25, -0.2) is 4.98 Å². The number of aromatic amines is 1. The maximum Gasteiger partial charge on any atom is 0.394 e. The van der Waals surface area contributed by atoms with Gasteiger partial charge in [0.1, 0.15) is 0 Å². The van der Waals surface area contributed by atoms with E-state index in [4.69, 9.17) is 28.2 Å². The van der Waals surface area contributed by atoms with E-state index < -0.39 is 10.4 Å². The summed E-state index contributed by atoms with van der Waals surface area (Å²) in [7, 11) is -4.67. The lowest BCUT2D eigenvalue weighted by Crippen LogP contribution is -1.89. The van der Waals surface area contributed by atoms with Crippen LogP contribution in [0.3, 0.4) is 0 Å². The molecule has 0 atom stereocenters. The Hall–Kier alpha value is -2.68. The van der Waals surface area contributed by atoms with Gasteiger partial charge in [-0.2, -0.15) is 8.42 Å². The van der Waals surface area contributed by atoms with Crippen molar-refractivity contribution in [1.29, 1.82) is 0 Å². The second-order valence-corrected chi connectivity index (χ2v) is 5.81. The summed E-state index contributed by atoms with van der Waals surface area (Å²) in [5.74, 6) is 0. The molecule has 8 heteroatoms. The highest BCUT2D eigenvalue weighted by atomic mass is 32.3. The SMILES string of the molecule is Nc1cccc2nc3c(cc12)[nH]c1ccccc13.O=S(=O)(O)O. The van der Waals surface area contributed by atoms with Gasteiger partial charge in [-0.1, -0.05) is 24.3 Å². The van der Waals surface area contributed by atoms with Gasteiger partial charge in [0.05, 0.1) is 16.6 Å². The molecule has 0 bridgehead atoms. The highest BCUT2D eigenvalue weighted by Crippen LogP contribution is 2.28. The Morgan fingerprint density at radius 2 is 1.65 bits per heavy atom. The molecule has 0 unspecified atom stereocenters. The predicted octanol–water partition coefficient (Wildman–Crippen LogP) is 2.80. The van der Waals surface area contributed by atoms with E-state index in [1.54, 1.807) is 0 Å². The lowest BCUT2D eigenvalue weighted by molar-refractivity contribution is 0.381. The van der Waals surface area contributed by atoms with Gasteiger partial charge >= 0.3 is 10.4 Å². The molecule has 7 nitrogen and oxygen atoms in total. The predicted molar refractivity (Wildman–Crippen MR) is 89.7 cm³/mol. The number of para-hydroxylation sites is 1. The summed E-state index contributed by atoms with van der Waals surface area (Å²) in [4.78, 5) is 8.09. The van der Waals surface area contributed by atoms with Crippen molar-refractivity contribution in [2.24, 2.45) is 0 Å². The number of rotatable bonds is 0. The molecule has 0 saturated heterocycles. The average molecular weight is 331 g/mol. The number of hydrogen-bond donors (Lipinski definition) is 4. The lowest BCUT2D eigenvalue weighted by atomic mass is 10.1. The molecule has 0 radical (unpaired) electrons. The Labute approximate surface area is 131 Å². The number of nitrogen functional groups attached to an aromatic ring is 1. The fraction of sp³-hybridized carbons (Fsp3) is 0. The van der Waals surface area contributed by atoms with Crippen molar-refractivity contribution >= 4 is 48.9 Å². The van der Waals surface area contributed by atoms with E-state index in [0.717, 1.165) is 38.5 Å². The Kier molecular flexibility index (Phi) is 3.64. The summed E-state index contributed by atoms with van der Waals surface area (Å²) in [6, 6.07) is 16.1. The fourth-order valence-electron chi connectivity index (χ4n) is 2.46. The van der Waals surface area contributed by atoms with Gasteiger partial charge in [0.25, 0.3) is 0 Å². The molecule has 0 spiro atoms. The molecular formula is C15H13N3O4S. The van der Waals surface area contributed by atoms with E-state index in [-0.39, 0.29) is 0 Å². The maximum atomic E-state index is 8.74. The first-order valence-electron chi connectivity index (χ1n) is 6.58. The molecule has 118 valence electrons. The molecular weight excluding hydrogens is 318 g/mol. The molecule has 4 aromatic rings. The molecule has 2 aromatic carbocycles.